The maximum Gasteiger partial charge on any atom is 0.119 e. The van der Waals surface area contributed by atoms with Crippen molar-refractivity contribution in [3.8, 4) is 17.0 Å². The molecular formula is C11H11ClO. The molecule has 0 saturated heterocycles. The van der Waals surface area contributed by atoms with Crippen LogP contribution in [0.5, 0.6) is 5.75 Å². The summed E-state index contributed by atoms with van der Waals surface area (Å²) in [7, 11) is 0. The Morgan fingerprint density at radius 1 is 1.23 bits per heavy atom. The third-order valence-electron chi connectivity index (χ3n) is 1.42. The van der Waals surface area contributed by atoms with E-state index in [0.29, 0.717) is 0 Å². The SMILES string of the molecule is CC(C)Oc1ccc(C#CCl)cc1. The number of rotatable bonds is 2. The summed E-state index contributed by atoms with van der Waals surface area (Å²) in [6.45, 7) is 3.99. The van der Waals surface area contributed by atoms with Gasteiger partial charge >= 0.3 is 0 Å². The van der Waals surface area contributed by atoms with E-state index in [1.54, 1.807) is 0 Å². The van der Waals surface area contributed by atoms with Crippen molar-refractivity contribution in [3.05, 3.63) is 29.8 Å². The van der Waals surface area contributed by atoms with Crippen molar-refractivity contribution in [2.75, 3.05) is 0 Å². The van der Waals surface area contributed by atoms with E-state index in [4.69, 9.17) is 16.3 Å². The summed E-state index contributed by atoms with van der Waals surface area (Å²) in [6, 6.07) is 7.54. The molecule has 13 heavy (non-hydrogen) atoms. The Bertz CT molecular complexity index is 316. The van der Waals surface area contributed by atoms with Gasteiger partial charge in [0.25, 0.3) is 0 Å². The first-order valence-electron chi connectivity index (χ1n) is 4.10. The molecule has 0 bridgehead atoms. The predicted octanol–water partition coefficient (Wildman–Crippen LogP) is 3.02. The van der Waals surface area contributed by atoms with E-state index in [-0.39, 0.29) is 6.10 Å². The lowest BCUT2D eigenvalue weighted by Crippen LogP contribution is -2.05. The largest absolute Gasteiger partial charge is 0.491 e. The normalized spacial score (nSPS) is 9.23. The molecule has 1 aromatic carbocycles. The molecule has 0 aliphatic carbocycles. The minimum Gasteiger partial charge on any atom is -0.491 e. The van der Waals surface area contributed by atoms with Gasteiger partial charge in [-0.3, -0.25) is 0 Å². The van der Waals surface area contributed by atoms with Crippen LogP contribution in [0.15, 0.2) is 24.3 Å². The highest BCUT2D eigenvalue weighted by atomic mass is 35.5. The Morgan fingerprint density at radius 2 is 1.85 bits per heavy atom. The zero-order chi connectivity index (χ0) is 9.68. The minimum atomic E-state index is 0.199. The lowest BCUT2D eigenvalue weighted by atomic mass is 10.2. The van der Waals surface area contributed by atoms with Crippen molar-refractivity contribution in [3.63, 3.8) is 0 Å². The highest BCUT2D eigenvalue weighted by molar-refractivity contribution is 6.30. The molecule has 0 heterocycles. The second kappa shape index (κ2) is 4.79. The fourth-order valence-corrected chi connectivity index (χ4v) is 1.05. The quantitative estimate of drug-likeness (QED) is 0.658. The van der Waals surface area contributed by atoms with Crippen LogP contribution in [0.4, 0.5) is 0 Å². The van der Waals surface area contributed by atoms with E-state index in [9.17, 15) is 0 Å². The molecule has 0 aliphatic heterocycles. The minimum absolute atomic E-state index is 0.199. The Labute approximate surface area is 83.7 Å². The zero-order valence-electron chi connectivity index (χ0n) is 7.67. The van der Waals surface area contributed by atoms with Crippen molar-refractivity contribution in [1.29, 1.82) is 0 Å². The Kier molecular flexibility index (Phi) is 3.67. The van der Waals surface area contributed by atoms with Gasteiger partial charge in [-0.25, -0.2) is 0 Å². The van der Waals surface area contributed by atoms with Crippen LogP contribution in [0.25, 0.3) is 0 Å². The number of hydrogen-bond acceptors (Lipinski definition) is 1. The van der Waals surface area contributed by atoms with Crippen molar-refractivity contribution in [1.82, 2.24) is 0 Å². The van der Waals surface area contributed by atoms with Crippen LogP contribution in [0.3, 0.4) is 0 Å². The molecule has 0 spiro atoms. The van der Waals surface area contributed by atoms with Gasteiger partial charge in [0, 0.05) is 10.9 Å². The molecule has 1 nitrogen and oxygen atoms in total. The fourth-order valence-electron chi connectivity index (χ4n) is 0.944. The van der Waals surface area contributed by atoms with Crippen LogP contribution in [0, 0.1) is 11.3 Å². The fraction of sp³-hybridized carbons (Fsp3) is 0.273. The average molecular weight is 195 g/mol. The smallest absolute Gasteiger partial charge is 0.119 e. The van der Waals surface area contributed by atoms with Gasteiger partial charge in [0.05, 0.1) is 6.10 Å². The molecule has 0 aromatic heterocycles. The lowest BCUT2D eigenvalue weighted by Gasteiger charge is -2.08. The second-order valence-electron chi connectivity index (χ2n) is 2.91. The zero-order valence-corrected chi connectivity index (χ0v) is 8.43. The van der Waals surface area contributed by atoms with E-state index in [1.807, 2.05) is 38.1 Å². The van der Waals surface area contributed by atoms with Gasteiger partial charge in [-0.2, -0.15) is 0 Å². The monoisotopic (exact) mass is 194 g/mol. The van der Waals surface area contributed by atoms with Gasteiger partial charge in [0.15, 0.2) is 0 Å². The van der Waals surface area contributed by atoms with Gasteiger partial charge in [-0.15, -0.1) is 0 Å². The van der Waals surface area contributed by atoms with Crippen molar-refractivity contribution in [2.24, 2.45) is 0 Å². The molecule has 0 fully saturated rings. The summed E-state index contributed by atoms with van der Waals surface area (Å²) in [5.74, 6) is 3.60. The maximum atomic E-state index is 5.47. The molecule has 0 aliphatic rings. The van der Waals surface area contributed by atoms with Crippen LogP contribution < -0.4 is 4.74 Å². The summed E-state index contributed by atoms with van der Waals surface area (Å²) in [4.78, 5) is 0. The average Bonchev–Trinajstić information content (AvgIpc) is 2.08. The van der Waals surface area contributed by atoms with Gasteiger partial charge in [0.1, 0.15) is 5.75 Å². The molecule has 0 amide bonds. The topological polar surface area (TPSA) is 9.23 Å². The summed E-state index contributed by atoms with van der Waals surface area (Å²) >= 11 is 5.27. The summed E-state index contributed by atoms with van der Waals surface area (Å²) in [5.41, 5.74) is 0.895. The number of halogens is 1. The van der Waals surface area contributed by atoms with E-state index in [1.165, 1.54) is 0 Å². The Balaban J connectivity index is 2.73. The molecule has 1 aromatic rings. The Hall–Kier alpha value is -1.13. The third kappa shape index (κ3) is 3.40. The van der Waals surface area contributed by atoms with Crippen molar-refractivity contribution in [2.45, 2.75) is 20.0 Å². The number of ether oxygens (including phenoxy) is 1. The molecule has 2 heteroatoms. The molecule has 0 N–H and O–H groups in total. The van der Waals surface area contributed by atoms with Crippen molar-refractivity contribution < 1.29 is 4.74 Å². The predicted molar refractivity (Wildman–Crippen MR) is 54.9 cm³/mol. The summed E-state index contributed by atoms with van der Waals surface area (Å²) in [5, 5.41) is 2.33. The van der Waals surface area contributed by atoms with E-state index >= 15 is 0 Å². The summed E-state index contributed by atoms with van der Waals surface area (Å²) < 4.78 is 5.47. The van der Waals surface area contributed by atoms with E-state index in [0.717, 1.165) is 11.3 Å². The van der Waals surface area contributed by atoms with Crippen molar-refractivity contribution >= 4 is 11.6 Å². The first-order valence-corrected chi connectivity index (χ1v) is 4.48. The second-order valence-corrected chi connectivity index (χ2v) is 3.10. The standard InChI is InChI=1S/C11H11ClO/c1-9(2)13-11-5-3-10(4-6-11)7-8-12/h3-6,9H,1-2H3. The maximum absolute atomic E-state index is 5.47. The van der Waals surface area contributed by atoms with Crippen LogP contribution in [0.2, 0.25) is 0 Å². The highest BCUT2D eigenvalue weighted by Gasteiger charge is 1.95. The Morgan fingerprint density at radius 3 is 2.31 bits per heavy atom. The third-order valence-corrected chi connectivity index (χ3v) is 1.51. The first kappa shape index (κ1) is 9.95. The molecule has 0 atom stereocenters. The van der Waals surface area contributed by atoms with E-state index < -0.39 is 0 Å². The van der Waals surface area contributed by atoms with Gasteiger partial charge in [0.2, 0.25) is 0 Å². The molecule has 68 valence electrons. The molecular weight excluding hydrogens is 184 g/mol. The van der Waals surface area contributed by atoms with Gasteiger partial charge < -0.3 is 4.74 Å². The molecule has 0 radical (unpaired) electrons. The highest BCUT2D eigenvalue weighted by Crippen LogP contribution is 2.12. The molecule has 0 saturated carbocycles. The van der Waals surface area contributed by atoms with Crippen LogP contribution in [-0.2, 0) is 0 Å². The number of hydrogen-bond donors (Lipinski definition) is 0. The molecule has 1 rings (SSSR count). The van der Waals surface area contributed by atoms with Gasteiger partial charge in [-0.05, 0) is 55.6 Å². The summed E-state index contributed by atoms with van der Waals surface area (Å²) in [6.07, 6.45) is 0.199. The van der Waals surface area contributed by atoms with Gasteiger partial charge in [-0.1, -0.05) is 0 Å². The van der Waals surface area contributed by atoms with E-state index in [2.05, 4.69) is 11.3 Å². The van der Waals surface area contributed by atoms with Crippen LogP contribution in [-0.4, -0.2) is 6.10 Å². The number of benzene rings is 1. The first-order chi connectivity index (χ1) is 6.22. The van der Waals surface area contributed by atoms with Crippen LogP contribution >= 0.6 is 11.6 Å². The van der Waals surface area contributed by atoms with Crippen LogP contribution in [0.1, 0.15) is 19.4 Å². The molecule has 0 unspecified atom stereocenters. The lowest BCUT2D eigenvalue weighted by molar-refractivity contribution is 0.242.